The van der Waals surface area contributed by atoms with E-state index in [4.69, 9.17) is 9.51 Å². The molecule has 2 rings (SSSR count). The molecule has 0 saturated heterocycles. The van der Waals surface area contributed by atoms with E-state index >= 15 is 0 Å². The minimum atomic E-state index is 0.108. The Morgan fingerprint density at radius 3 is 2.70 bits per heavy atom. The summed E-state index contributed by atoms with van der Waals surface area (Å²) in [5, 5.41) is 8.28. The molecular formula is C14H22N4OS. The molecule has 1 atom stereocenters. The fourth-order valence-electron chi connectivity index (χ4n) is 1.93. The summed E-state index contributed by atoms with van der Waals surface area (Å²) in [5.41, 5.74) is 1.23. The molecule has 2 heterocycles. The molecular weight excluding hydrogens is 272 g/mol. The summed E-state index contributed by atoms with van der Waals surface area (Å²) in [6.07, 6.45) is 2.18. The lowest BCUT2D eigenvalue weighted by atomic mass is 9.98. The first-order chi connectivity index (χ1) is 9.38. The topological polar surface area (TPSA) is 63.8 Å². The molecule has 0 aliphatic heterocycles. The second-order valence-corrected chi connectivity index (χ2v) is 7.01. The maximum atomic E-state index is 4.98. The molecule has 0 bridgehead atoms. The van der Waals surface area contributed by atoms with Crippen LogP contribution in [0.1, 0.15) is 55.2 Å². The first-order valence-electron chi connectivity index (χ1n) is 6.84. The van der Waals surface area contributed by atoms with Crippen molar-refractivity contribution in [3.8, 4) is 0 Å². The number of aromatic nitrogens is 3. The van der Waals surface area contributed by atoms with Gasteiger partial charge in [0.2, 0.25) is 5.89 Å². The summed E-state index contributed by atoms with van der Waals surface area (Å²) in [5.74, 6) is 0.668. The maximum Gasteiger partial charge on any atom is 0.227 e. The average Bonchev–Trinajstić information content (AvgIpc) is 2.97. The highest BCUT2D eigenvalue weighted by atomic mass is 32.1. The number of aryl methyl sites for hydroxylation is 1. The Labute approximate surface area is 123 Å². The number of thiazole rings is 1. The van der Waals surface area contributed by atoms with E-state index in [1.165, 1.54) is 16.2 Å². The summed E-state index contributed by atoms with van der Waals surface area (Å²) in [6.45, 7) is 11.7. The van der Waals surface area contributed by atoms with Crippen LogP contribution >= 0.6 is 11.3 Å². The lowest BCUT2D eigenvalue weighted by Crippen LogP contribution is -2.21. The fourth-order valence-corrected chi connectivity index (χ4v) is 3.08. The molecule has 5 nitrogen and oxygen atoms in total. The number of rotatable bonds is 5. The van der Waals surface area contributed by atoms with Gasteiger partial charge in [-0.3, -0.25) is 0 Å². The standard InChI is InChI=1S/C14H22N4OS/c1-9(15-7-6-11-16-8-17-19-11)12-10(2)18-13(20-12)14(3,4)5/h8-9,15H,6-7H2,1-5H3. The second-order valence-electron chi connectivity index (χ2n) is 5.98. The van der Waals surface area contributed by atoms with Gasteiger partial charge in [-0.15, -0.1) is 11.3 Å². The van der Waals surface area contributed by atoms with Gasteiger partial charge < -0.3 is 9.84 Å². The molecule has 0 spiro atoms. The Morgan fingerprint density at radius 1 is 1.40 bits per heavy atom. The van der Waals surface area contributed by atoms with E-state index in [0.29, 0.717) is 5.89 Å². The van der Waals surface area contributed by atoms with Gasteiger partial charge in [-0.2, -0.15) is 4.98 Å². The highest BCUT2D eigenvalue weighted by Crippen LogP contribution is 2.32. The fraction of sp³-hybridized carbons (Fsp3) is 0.643. The van der Waals surface area contributed by atoms with Gasteiger partial charge >= 0.3 is 0 Å². The normalized spacial score (nSPS) is 13.7. The third kappa shape index (κ3) is 3.64. The van der Waals surface area contributed by atoms with Gasteiger partial charge in [0.15, 0.2) is 6.33 Å². The van der Waals surface area contributed by atoms with E-state index in [1.54, 1.807) is 11.3 Å². The van der Waals surface area contributed by atoms with E-state index in [1.807, 2.05) is 0 Å². The van der Waals surface area contributed by atoms with E-state index < -0.39 is 0 Å². The third-order valence-electron chi connectivity index (χ3n) is 3.06. The van der Waals surface area contributed by atoms with Gasteiger partial charge in [0.1, 0.15) is 0 Å². The van der Waals surface area contributed by atoms with Gasteiger partial charge in [-0.1, -0.05) is 25.9 Å². The van der Waals surface area contributed by atoms with E-state index in [2.05, 4.69) is 50.1 Å². The van der Waals surface area contributed by atoms with Crippen molar-refractivity contribution < 1.29 is 4.52 Å². The summed E-state index contributed by atoms with van der Waals surface area (Å²) in [6, 6.07) is 0.284. The van der Waals surface area contributed by atoms with Crippen molar-refractivity contribution in [2.24, 2.45) is 0 Å². The van der Waals surface area contributed by atoms with Crippen LogP contribution < -0.4 is 5.32 Å². The van der Waals surface area contributed by atoms with Crippen LogP contribution in [0.5, 0.6) is 0 Å². The molecule has 0 saturated carbocycles. The van der Waals surface area contributed by atoms with Gasteiger partial charge in [-0.25, -0.2) is 4.98 Å². The summed E-state index contributed by atoms with van der Waals surface area (Å²) in [7, 11) is 0. The lowest BCUT2D eigenvalue weighted by molar-refractivity contribution is 0.372. The van der Waals surface area contributed by atoms with E-state index in [9.17, 15) is 0 Å². The number of nitrogens with one attached hydrogen (secondary N) is 1. The molecule has 110 valence electrons. The molecule has 1 unspecified atom stereocenters. The van der Waals surface area contributed by atoms with Crippen LogP contribution in [-0.2, 0) is 11.8 Å². The van der Waals surface area contributed by atoms with Crippen LogP contribution in [0.2, 0.25) is 0 Å². The molecule has 0 radical (unpaired) electrons. The van der Waals surface area contributed by atoms with Crippen molar-refractivity contribution in [3.63, 3.8) is 0 Å². The zero-order chi connectivity index (χ0) is 14.8. The number of nitrogens with zero attached hydrogens (tertiary/aromatic N) is 3. The molecule has 0 aliphatic rings. The molecule has 2 aromatic rings. The van der Waals surface area contributed by atoms with E-state index in [-0.39, 0.29) is 11.5 Å². The largest absolute Gasteiger partial charge is 0.340 e. The predicted molar refractivity (Wildman–Crippen MR) is 80.0 cm³/mol. The molecule has 0 amide bonds. The molecule has 0 aliphatic carbocycles. The molecule has 2 aromatic heterocycles. The van der Waals surface area contributed by atoms with Crippen LogP contribution in [0.4, 0.5) is 0 Å². The van der Waals surface area contributed by atoms with Crippen molar-refractivity contribution in [2.45, 2.75) is 52.5 Å². The van der Waals surface area contributed by atoms with Crippen LogP contribution in [0, 0.1) is 6.92 Å². The molecule has 20 heavy (non-hydrogen) atoms. The maximum absolute atomic E-state index is 4.98. The van der Waals surface area contributed by atoms with Crippen LogP contribution in [-0.4, -0.2) is 21.7 Å². The SMILES string of the molecule is Cc1nc(C(C)(C)C)sc1C(C)NCCc1ncno1. The highest BCUT2D eigenvalue weighted by Gasteiger charge is 2.22. The first kappa shape index (κ1) is 15.1. The highest BCUT2D eigenvalue weighted by molar-refractivity contribution is 7.12. The predicted octanol–water partition coefficient (Wildman–Crippen LogP) is 3.03. The quantitative estimate of drug-likeness (QED) is 0.918. The van der Waals surface area contributed by atoms with Crippen LogP contribution in [0.3, 0.4) is 0 Å². The Bertz CT molecular complexity index is 542. The Balaban J connectivity index is 1.95. The van der Waals surface area contributed by atoms with E-state index in [0.717, 1.165) is 18.7 Å². The third-order valence-corrected chi connectivity index (χ3v) is 4.83. The second kappa shape index (κ2) is 6.01. The van der Waals surface area contributed by atoms with Crippen molar-refractivity contribution >= 4 is 11.3 Å². The van der Waals surface area contributed by atoms with Crippen molar-refractivity contribution in [1.82, 2.24) is 20.4 Å². The Morgan fingerprint density at radius 2 is 2.15 bits per heavy atom. The molecule has 6 heteroatoms. The van der Waals surface area contributed by atoms with Gasteiger partial charge in [-0.05, 0) is 13.8 Å². The number of hydrogen-bond acceptors (Lipinski definition) is 6. The first-order valence-corrected chi connectivity index (χ1v) is 7.66. The average molecular weight is 294 g/mol. The smallest absolute Gasteiger partial charge is 0.227 e. The van der Waals surface area contributed by atoms with Gasteiger partial charge in [0, 0.05) is 29.3 Å². The number of hydrogen-bond donors (Lipinski definition) is 1. The monoisotopic (exact) mass is 294 g/mol. The molecule has 1 N–H and O–H groups in total. The van der Waals surface area contributed by atoms with Crippen LogP contribution in [0.15, 0.2) is 10.9 Å². The zero-order valence-corrected chi connectivity index (χ0v) is 13.5. The molecule has 0 fully saturated rings. The zero-order valence-electron chi connectivity index (χ0n) is 12.7. The van der Waals surface area contributed by atoms with Crippen molar-refractivity contribution in [3.05, 3.63) is 27.8 Å². The van der Waals surface area contributed by atoms with Crippen molar-refractivity contribution in [1.29, 1.82) is 0 Å². The minimum absolute atomic E-state index is 0.108. The van der Waals surface area contributed by atoms with Crippen LogP contribution in [0.25, 0.3) is 0 Å². The lowest BCUT2D eigenvalue weighted by Gasteiger charge is -2.14. The Hall–Kier alpha value is -1.27. The molecule has 0 aromatic carbocycles. The Kier molecular flexibility index (Phi) is 4.55. The summed E-state index contributed by atoms with van der Waals surface area (Å²) < 4.78 is 4.98. The van der Waals surface area contributed by atoms with Crippen molar-refractivity contribution in [2.75, 3.05) is 6.54 Å². The minimum Gasteiger partial charge on any atom is -0.340 e. The van der Waals surface area contributed by atoms with Gasteiger partial charge in [0.25, 0.3) is 0 Å². The summed E-state index contributed by atoms with van der Waals surface area (Å²) in [4.78, 5) is 10.0. The summed E-state index contributed by atoms with van der Waals surface area (Å²) >= 11 is 1.80. The van der Waals surface area contributed by atoms with Gasteiger partial charge in [0.05, 0.1) is 10.7 Å².